The van der Waals surface area contributed by atoms with Crippen LogP contribution in [0.1, 0.15) is 31.9 Å². The zero-order valence-corrected chi connectivity index (χ0v) is 10.5. The minimum absolute atomic E-state index is 0.287. The van der Waals surface area contributed by atoms with Crippen molar-refractivity contribution in [3.8, 4) is 0 Å². The van der Waals surface area contributed by atoms with Crippen molar-refractivity contribution in [2.75, 3.05) is 0 Å². The first-order valence-corrected chi connectivity index (χ1v) is 5.76. The smallest absolute Gasteiger partial charge is 0.329 e. The van der Waals surface area contributed by atoms with Crippen LogP contribution in [0.4, 0.5) is 0 Å². The third-order valence-corrected chi connectivity index (χ3v) is 3.02. The second kappa shape index (κ2) is 5.64. The quantitative estimate of drug-likeness (QED) is 0.728. The lowest BCUT2D eigenvalue weighted by atomic mass is 9.97. The summed E-state index contributed by atoms with van der Waals surface area (Å²) in [5.74, 6) is -1.56. The largest absolute Gasteiger partial charge is 0.480 e. The summed E-state index contributed by atoms with van der Waals surface area (Å²) in [6, 6.07) is 7.97. The molecule has 18 heavy (non-hydrogen) atoms. The number of aliphatic carboxylic acids is 1. The van der Waals surface area contributed by atoms with Crippen LogP contribution in [0.25, 0.3) is 0 Å². The van der Waals surface area contributed by atoms with Crippen molar-refractivity contribution in [1.29, 1.82) is 0 Å². The van der Waals surface area contributed by atoms with Gasteiger partial charge in [0.25, 0.3) is 0 Å². The number of amides is 1. The highest BCUT2D eigenvalue weighted by atomic mass is 16.4. The van der Waals surface area contributed by atoms with Crippen LogP contribution in [0.2, 0.25) is 0 Å². The number of carbonyl (C=O) groups is 2. The van der Waals surface area contributed by atoms with E-state index in [9.17, 15) is 9.59 Å². The molecule has 5 heteroatoms. The molecule has 1 unspecified atom stereocenters. The van der Waals surface area contributed by atoms with Gasteiger partial charge in [-0.1, -0.05) is 37.3 Å². The molecule has 0 aliphatic carbocycles. The van der Waals surface area contributed by atoms with Gasteiger partial charge >= 0.3 is 5.97 Å². The summed E-state index contributed by atoms with van der Waals surface area (Å²) in [7, 11) is 0. The van der Waals surface area contributed by atoms with Gasteiger partial charge in [-0.15, -0.1) is 0 Å². The molecule has 0 bridgehead atoms. The van der Waals surface area contributed by atoms with E-state index in [2.05, 4.69) is 5.32 Å². The molecule has 0 aliphatic heterocycles. The van der Waals surface area contributed by atoms with Crippen LogP contribution in [0.5, 0.6) is 0 Å². The Labute approximate surface area is 106 Å². The van der Waals surface area contributed by atoms with E-state index in [4.69, 9.17) is 10.8 Å². The lowest BCUT2D eigenvalue weighted by Crippen LogP contribution is -2.54. The first-order valence-electron chi connectivity index (χ1n) is 5.76. The topological polar surface area (TPSA) is 92.4 Å². The van der Waals surface area contributed by atoms with Gasteiger partial charge in [0.05, 0.1) is 0 Å². The van der Waals surface area contributed by atoms with Crippen LogP contribution in [0.15, 0.2) is 30.3 Å². The first-order chi connectivity index (χ1) is 8.40. The Balaban J connectivity index is 2.80. The fourth-order valence-electron chi connectivity index (χ4n) is 1.45. The first kappa shape index (κ1) is 14.2. The number of benzene rings is 1. The van der Waals surface area contributed by atoms with Gasteiger partial charge in [-0.2, -0.15) is 0 Å². The molecule has 0 saturated heterocycles. The summed E-state index contributed by atoms with van der Waals surface area (Å²) < 4.78 is 0. The van der Waals surface area contributed by atoms with Gasteiger partial charge in [0.2, 0.25) is 5.91 Å². The van der Waals surface area contributed by atoms with Gasteiger partial charge in [0, 0.05) is 0 Å². The third-order valence-electron chi connectivity index (χ3n) is 3.02. The van der Waals surface area contributed by atoms with Crippen LogP contribution in [-0.4, -0.2) is 22.5 Å². The van der Waals surface area contributed by atoms with E-state index in [1.54, 1.807) is 31.2 Å². The molecule has 98 valence electrons. The predicted octanol–water partition coefficient (Wildman–Crippen LogP) is 1.06. The Morgan fingerprint density at radius 3 is 2.39 bits per heavy atom. The molecule has 0 heterocycles. The van der Waals surface area contributed by atoms with Crippen LogP contribution >= 0.6 is 0 Å². The van der Waals surface area contributed by atoms with Gasteiger partial charge in [-0.25, -0.2) is 4.79 Å². The fraction of sp³-hybridized carbons (Fsp3) is 0.385. The zero-order valence-electron chi connectivity index (χ0n) is 10.5. The second-order valence-electron chi connectivity index (χ2n) is 4.37. The van der Waals surface area contributed by atoms with Gasteiger partial charge < -0.3 is 16.2 Å². The molecular formula is C13H18N2O3. The Morgan fingerprint density at radius 2 is 1.94 bits per heavy atom. The van der Waals surface area contributed by atoms with Crippen molar-refractivity contribution < 1.29 is 14.7 Å². The molecule has 1 rings (SSSR count). The number of hydrogen-bond donors (Lipinski definition) is 3. The van der Waals surface area contributed by atoms with Gasteiger partial charge in [0.15, 0.2) is 0 Å². The Hall–Kier alpha value is -1.88. The molecular weight excluding hydrogens is 232 g/mol. The molecule has 4 N–H and O–H groups in total. The minimum atomic E-state index is -1.29. The molecule has 0 aromatic heterocycles. The summed E-state index contributed by atoms with van der Waals surface area (Å²) in [5, 5.41) is 11.6. The maximum absolute atomic E-state index is 11.9. The summed E-state index contributed by atoms with van der Waals surface area (Å²) >= 11 is 0. The van der Waals surface area contributed by atoms with Crippen molar-refractivity contribution in [2.45, 2.75) is 31.8 Å². The van der Waals surface area contributed by atoms with E-state index in [0.717, 1.165) is 0 Å². The fourth-order valence-corrected chi connectivity index (χ4v) is 1.45. The molecule has 1 aromatic carbocycles. The van der Waals surface area contributed by atoms with Gasteiger partial charge in [-0.3, -0.25) is 4.79 Å². The van der Waals surface area contributed by atoms with Crippen molar-refractivity contribution in [1.82, 2.24) is 5.32 Å². The number of hydrogen-bond acceptors (Lipinski definition) is 3. The molecule has 0 radical (unpaired) electrons. The van der Waals surface area contributed by atoms with Crippen molar-refractivity contribution in [2.24, 2.45) is 5.73 Å². The normalized spacial score (nSPS) is 15.5. The van der Waals surface area contributed by atoms with Crippen LogP contribution in [-0.2, 0) is 9.59 Å². The third kappa shape index (κ3) is 3.07. The molecule has 1 aromatic rings. The molecule has 1 amide bonds. The molecule has 0 fully saturated rings. The summed E-state index contributed by atoms with van der Waals surface area (Å²) in [5.41, 5.74) is 5.16. The van der Waals surface area contributed by atoms with E-state index in [1.165, 1.54) is 6.92 Å². The highest BCUT2D eigenvalue weighted by Gasteiger charge is 2.34. The number of rotatable bonds is 5. The number of nitrogens with one attached hydrogen (secondary N) is 1. The molecule has 5 nitrogen and oxygen atoms in total. The van der Waals surface area contributed by atoms with E-state index in [1.807, 2.05) is 6.07 Å². The maximum Gasteiger partial charge on any atom is 0.329 e. The van der Waals surface area contributed by atoms with E-state index >= 15 is 0 Å². The van der Waals surface area contributed by atoms with E-state index in [-0.39, 0.29) is 6.42 Å². The Bertz CT molecular complexity index is 433. The monoisotopic (exact) mass is 250 g/mol. The van der Waals surface area contributed by atoms with Gasteiger partial charge in [0.1, 0.15) is 11.6 Å². The number of carbonyl (C=O) groups excluding carboxylic acids is 1. The minimum Gasteiger partial charge on any atom is -0.480 e. The Morgan fingerprint density at radius 1 is 1.39 bits per heavy atom. The Kier molecular flexibility index (Phi) is 4.44. The number of nitrogens with two attached hydrogens (primary N) is 1. The lowest BCUT2D eigenvalue weighted by molar-refractivity contribution is -0.147. The SMILES string of the molecule is CCC(C)(NC(=O)[C@H](N)c1ccccc1)C(=O)O. The maximum atomic E-state index is 11.9. The summed E-state index contributed by atoms with van der Waals surface area (Å²) in [6.45, 7) is 3.16. The van der Waals surface area contributed by atoms with Crippen LogP contribution < -0.4 is 11.1 Å². The van der Waals surface area contributed by atoms with Gasteiger partial charge in [-0.05, 0) is 18.9 Å². The highest BCUT2D eigenvalue weighted by molar-refractivity contribution is 5.89. The standard InChI is InChI=1S/C13H18N2O3/c1-3-13(2,12(17)18)15-11(16)10(14)9-7-5-4-6-8-9/h4-8,10H,3,14H2,1-2H3,(H,15,16)(H,17,18)/t10-,13?/m1/s1. The van der Waals surface area contributed by atoms with E-state index < -0.39 is 23.5 Å². The molecule has 0 spiro atoms. The summed E-state index contributed by atoms with van der Waals surface area (Å²) in [4.78, 5) is 23.0. The van der Waals surface area contributed by atoms with E-state index in [0.29, 0.717) is 5.56 Å². The summed E-state index contributed by atoms with van der Waals surface area (Å²) in [6.07, 6.45) is 0.287. The van der Waals surface area contributed by atoms with Crippen molar-refractivity contribution in [3.63, 3.8) is 0 Å². The second-order valence-corrected chi connectivity index (χ2v) is 4.37. The molecule has 0 aliphatic rings. The average molecular weight is 250 g/mol. The van der Waals surface area contributed by atoms with Crippen LogP contribution in [0, 0.1) is 0 Å². The molecule has 0 saturated carbocycles. The highest BCUT2D eigenvalue weighted by Crippen LogP contribution is 2.14. The molecule has 2 atom stereocenters. The zero-order chi connectivity index (χ0) is 13.8. The van der Waals surface area contributed by atoms with Crippen LogP contribution in [0.3, 0.4) is 0 Å². The average Bonchev–Trinajstić information content (AvgIpc) is 2.38. The lowest BCUT2D eigenvalue weighted by Gasteiger charge is -2.26. The number of carboxylic acid groups (broad SMARTS) is 1. The van der Waals surface area contributed by atoms with Crippen molar-refractivity contribution >= 4 is 11.9 Å². The number of carboxylic acids is 1. The predicted molar refractivity (Wildman–Crippen MR) is 67.8 cm³/mol. The van der Waals surface area contributed by atoms with Crippen molar-refractivity contribution in [3.05, 3.63) is 35.9 Å².